The van der Waals surface area contributed by atoms with Crippen LogP contribution in [0.25, 0.3) is 0 Å². The summed E-state index contributed by atoms with van der Waals surface area (Å²) in [6.45, 7) is 0. The molecule has 1 aromatic carbocycles. The van der Waals surface area contributed by atoms with E-state index in [9.17, 15) is 10.0 Å². The number of phenols is 1. The Bertz CT molecular complexity index is 310. The Kier molecular flexibility index (Phi) is 2.16. The number of benzene rings is 1. The van der Waals surface area contributed by atoms with Gasteiger partial charge >= 0.3 is 5.97 Å². The standard InChI is InChI=1S/C7H6NO4/c9-6-3-4(8-12)1-2-5(6)7(10)11/h1-3,8-9H,(H,10,11). The van der Waals surface area contributed by atoms with Gasteiger partial charge in [0.1, 0.15) is 11.3 Å². The second-order valence-corrected chi connectivity index (χ2v) is 2.14. The Hall–Kier alpha value is -1.75. The highest BCUT2D eigenvalue weighted by Gasteiger charge is 2.08. The van der Waals surface area contributed by atoms with E-state index in [1.165, 1.54) is 11.5 Å². The summed E-state index contributed by atoms with van der Waals surface area (Å²) in [6, 6.07) is 3.48. The van der Waals surface area contributed by atoms with E-state index in [0.29, 0.717) is 0 Å². The second kappa shape index (κ2) is 3.10. The maximum Gasteiger partial charge on any atom is 0.339 e. The molecule has 0 saturated carbocycles. The Labute approximate surface area is 67.8 Å². The van der Waals surface area contributed by atoms with Crippen LogP contribution in [-0.2, 0) is 5.21 Å². The van der Waals surface area contributed by atoms with Gasteiger partial charge in [0.15, 0.2) is 0 Å². The number of aromatic hydroxyl groups is 1. The van der Waals surface area contributed by atoms with E-state index in [1.807, 2.05) is 0 Å². The molecule has 1 radical (unpaired) electrons. The average molecular weight is 168 g/mol. The van der Waals surface area contributed by atoms with Crippen molar-refractivity contribution in [3.63, 3.8) is 0 Å². The number of carboxylic acids is 1. The third-order valence-electron chi connectivity index (χ3n) is 1.35. The maximum absolute atomic E-state index is 10.4. The van der Waals surface area contributed by atoms with Crippen LogP contribution < -0.4 is 5.48 Å². The first kappa shape index (κ1) is 8.35. The van der Waals surface area contributed by atoms with Crippen molar-refractivity contribution in [2.75, 3.05) is 5.48 Å². The average Bonchev–Trinajstić information content (AvgIpc) is 2.03. The zero-order chi connectivity index (χ0) is 9.14. The number of carbonyl (C=O) groups is 1. The van der Waals surface area contributed by atoms with Crippen LogP contribution >= 0.6 is 0 Å². The van der Waals surface area contributed by atoms with Crippen molar-refractivity contribution >= 4 is 11.7 Å². The Balaban J connectivity index is 3.12. The van der Waals surface area contributed by atoms with Crippen LogP contribution in [0.4, 0.5) is 5.69 Å². The van der Waals surface area contributed by atoms with Gasteiger partial charge in [-0.3, -0.25) is 0 Å². The minimum Gasteiger partial charge on any atom is -0.507 e. The van der Waals surface area contributed by atoms with E-state index in [1.54, 1.807) is 0 Å². The molecular weight excluding hydrogens is 162 g/mol. The van der Waals surface area contributed by atoms with Gasteiger partial charge in [-0.15, -0.1) is 0 Å². The molecule has 12 heavy (non-hydrogen) atoms. The third-order valence-corrected chi connectivity index (χ3v) is 1.35. The molecule has 0 saturated heterocycles. The summed E-state index contributed by atoms with van der Waals surface area (Å²) in [5.74, 6) is -1.66. The summed E-state index contributed by atoms with van der Waals surface area (Å²) in [4.78, 5) is 10.4. The first-order valence-electron chi connectivity index (χ1n) is 3.09. The molecular formula is C7H6NO4. The third kappa shape index (κ3) is 1.46. The number of hydrogen-bond donors (Lipinski definition) is 3. The van der Waals surface area contributed by atoms with Crippen molar-refractivity contribution in [1.82, 2.24) is 0 Å². The van der Waals surface area contributed by atoms with Crippen LogP contribution in [0.2, 0.25) is 0 Å². The van der Waals surface area contributed by atoms with E-state index >= 15 is 0 Å². The van der Waals surface area contributed by atoms with Gasteiger partial charge in [-0.25, -0.2) is 10.3 Å². The molecule has 0 aromatic heterocycles. The SMILES string of the molecule is [O]Nc1ccc(C(=O)O)c(O)c1. The Morgan fingerprint density at radius 3 is 2.50 bits per heavy atom. The molecule has 5 heteroatoms. The molecule has 0 aliphatic carbocycles. The highest BCUT2D eigenvalue weighted by molar-refractivity contribution is 5.91. The minimum absolute atomic E-state index is 0.123. The van der Waals surface area contributed by atoms with Gasteiger partial charge in [-0.1, -0.05) is 5.21 Å². The number of anilines is 1. The Morgan fingerprint density at radius 1 is 1.42 bits per heavy atom. The lowest BCUT2D eigenvalue weighted by Gasteiger charge is -2.00. The van der Waals surface area contributed by atoms with Crippen LogP contribution in [0.5, 0.6) is 5.75 Å². The monoisotopic (exact) mass is 168 g/mol. The zero-order valence-corrected chi connectivity index (χ0v) is 5.94. The summed E-state index contributed by atoms with van der Waals surface area (Å²) >= 11 is 0. The second-order valence-electron chi connectivity index (χ2n) is 2.14. The van der Waals surface area contributed by atoms with Gasteiger partial charge in [0.2, 0.25) is 0 Å². The molecule has 5 nitrogen and oxygen atoms in total. The van der Waals surface area contributed by atoms with Crippen molar-refractivity contribution in [3.8, 4) is 5.75 Å². The quantitative estimate of drug-likeness (QED) is 0.571. The van der Waals surface area contributed by atoms with E-state index in [0.717, 1.165) is 12.1 Å². The summed E-state index contributed by atoms with van der Waals surface area (Å²) in [7, 11) is 0. The van der Waals surface area contributed by atoms with Gasteiger partial charge in [0.05, 0.1) is 5.69 Å². The van der Waals surface area contributed by atoms with Crippen LogP contribution in [-0.4, -0.2) is 16.2 Å². The van der Waals surface area contributed by atoms with E-state index in [2.05, 4.69) is 0 Å². The van der Waals surface area contributed by atoms with Gasteiger partial charge in [-0.05, 0) is 12.1 Å². The molecule has 0 heterocycles. The fraction of sp³-hybridized carbons (Fsp3) is 0. The first-order valence-corrected chi connectivity index (χ1v) is 3.09. The molecule has 0 atom stereocenters. The van der Waals surface area contributed by atoms with Crippen molar-refractivity contribution in [3.05, 3.63) is 23.8 Å². The molecule has 1 aromatic rings. The number of nitrogens with one attached hydrogen (secondary N) is 1. The normalized spacial score (nSPS) is 9.42. The van der Waals surface area contributed by atoms with Crippen molar-refractivity contribution < 1.29 is 20.2 Å². The number of aromatic carboxylic acids is 1. The van der Waals surface area contributed by atoms with Gasteiger partial charge < -0.3 is 10.2 Å². The van der Waals surface area contributed by atoms with E-state index in [4.69, 9.17) is 10.2 Å². The molecule has 0 fully saturated rings. The van der Waals surface area contributed by atoms with Crippen molar-refractivity contribution in [2.45, 2.75) is 0 Å². The highest BCUT2D eigenvalue weighted by Crippen LogP contribution is 2.21. The van der Waals surface area contributed by atoms with E-state index in [-0.39, 0.29) is 11.3 Å². The largest absolute Gasteiger partial charge is 0.507 e. The van der Waals surface area contributed by atoms with Gasteiger partial charge in [0, 0.05) is 6.07 Å². The summed E-state index contributed by atoms with van der Waals surface area (Å²) in [5.41, 5.74) is 1.43. The zero-order valence-electron chi connectivity index (χ0n) is 5.94. The number of rotatable bonds is 2. The Morgan fingerprint density at radius 2 is 2.08 bits per heavy atom. The fourth-order valence-corrected chi connectivity index (χ4v) is 0.776. The molecule has 0 aliphatic rings. The molecule has 1 rings (SSSR count). The minimum atomic E-state index is -1.23. The molecule has 3 N–H and O–H groups in total. The van der Waals surface area contributed by atoms with Gasteiger partial charge in [0.25, 0.3) is 0 Å². The lowest BCUT2D eigenvalue weighted by atomic mass is 10.2. The first-order chi connectivity index (χ1) is 5.65. The van der Waals surface area contributed by atoms with Crippen LogP contribution in [0.15, 0.2) is 18.2 Å². The predicted molar refractivity (Wildman–Crippen MR) is 39.4 cm³/mol. The lowest BCUT2D eigenvalue weighted by molar-refractivity contribution is 0.0693. The van der Waals surface area contributed by atoms with Crippen molar-refractivity contribution in [1.29, 1.82) is 0 Å². The molecule has 63 valence electrons. The molecule has 0 spiro atoms. The highest BCUT2D eigenvalue weighted by atomic mass is 16.5. The van der Waals surface area contributed by atoms with Crippen LogP contribution in [0.1, 0.15) is 10.4 Å². The van der Waals surface area contributed by atoms with Crippen LogP contribution in [0.3, 0.4) is 0 Å². The fourth-order valence-electron chi connectivity index (χ4n) is 0.776. The smallest absolute Gasteiger partial charge is 0.339 e. The van der Waals surface area contributed by atoms with Crippen molar-refractivity contribution in [2.24, 2.45) is 0 Å². The van der Waals surface area contributed by atoms with Gasteiger partial charge in [-0.2, -0.15) is 0 Å². The van der Waals surface area contributed by atoms with Crippen LogP contribution in [0, 0.1) is 0 Å². The molecule has 0 unspecified atom stereocenters. The summed E-state index contributed by atoms with van der Waals surface area (Å²) in [6.07, 6.45) is 0. The molecule has 0 amide bonds. The molecule has 0 aliphatic heterocycles. The topological polar surface area (TPSA) is 89.5 Å². The maximum atomic E-state index is 10.4. The summed E-state index contributed by atoms with van der Waals surface area (Å²) < 4.78 is 0. The number of carboxylic acid groups (broad SMARTS) is 1. The summed E-state index contributed by atoms with van der Waals surface area (Å²) in [5, 5.41) is 27.6. The van der Waals surface area contributed by atoms with E-state index < -0.39 is 11.7 Å². The molecule has 0 bridgehead atoms. The lowest BCUT2D eigenvalue weighted by Crippen LogP contribution is -1.97. The predicted octanol–water partition coefficient (Wildman–Crippen LogP) is 0.848. The number of hydrogen-bond acceptors (Lipinski definition) is 3.